The first-order valence-electron chi connectivity index (χ1n) is 6.81. The highest BCUT2D eigenvalue weighted by Crippen LogP contribution is 2.28. The summed E-state index contributed by atoms with van der Waals surface area (Å²) in [6.07, 6.45) is 2.26. The molecule has 2 aromatic rings. The molecule has 1 atom stereocenters. The Morgan fingerprint density at radius 2 is 1.90 bits per heavy atom. The zero-order valence-corrected chi connectivity index (χ0v) is 11.2. The minimum atomic E-state index is -0.774. The van der Waals surface area contributed by atoms with E-state index in [1.165, 1.54) is 0 Å². The summed E-state index contributed by atoms with van der Waals surface area (Å²) in [5.74, 6) is -0.946. The fraction of sp³-hybridized carbons (Fsp3) is 0.294. The van der Waals surface area contributed by atoms with Crippen molar-refractivity contribution in [2.75, 3.05) is 0 Å². The monoisotopic (exact) mass is 267 g/mol. The molecule has 0 radical (unpaired) electrons. The van der Waals surface area contributed by atoms with Crippen LogP contribution < -0.4 is 0 Å². The zero-order valence-electron chi connectivity index (χ0n) is 11.2. The smallest absolute Gasteiger partial charge is 0.303 e. The van der Waals surface area contributed by atoms with E-state index in [1.807, 2.05) is 42.5 Å². The molecular weight excluding hydrogens is 250 g/mol. The van der Waals surface area contributed by atoms with Crippen LogP contribution in [0.15, 0.2) is 42.5 Å². The molecule has 0 fully saturated rings. The van der Waals surface area contributed by atoms with Crippen molar-refractivity contribution < 1.29 is 9.90 Å². The summed E-state index contributed by atoms with van der Waals surface area (Å²) in [6, 6.07) is 16.4. The van der Waals surface area contributed by atoms with Gasteiger partial charge in [0.15, 0.2) is 0 Å². The highest BCUT2D eigenvalue weighted by atomic mass is 16.4. The number of carboxylic acid groups (broad SMARTS) is 1. The Labute approximate surface area is 118 Å². The standard InChI is InChI=1S/C17H17NO2/c18-12-14(7-2-4-11-17(19)20)16-10-5-8-13-6-1-3-9-15(13)16/h1,3,5-6,8-10,14H,2,4,7,11H2,(H,19,20). The molecule has 0 aliphatic heterocycles. The summed E-state index contributed by atoms with van der Waals surface area (Å²) in [7, 11) is 0. The van der Waals surface area contributed by atoms with Gasteiger partial charge in [0, 0.05) is 6.42 Å². The Balaban J connectivity index is 2.14. The van der Waals surface area contributed by atoms with Crippen LogP contribution in [0.2, 0.25) is 0 Å². The number of carboxylic acids is 1. The van der Waals surface area contributed by atoms with Crippen molar-refractivity contribution in [1.82, 2.24) is 0 Å². The second-order valence-corrected chi connectivity index (χ2v) is 4.89. The maximum absolute atomic E-state index is 10.5. The van der Waals surface area contributed by atoms with Crippen LogP contribution in [0.1, 0.15) is 37.2 Å². The Bertz CT molecular complexity index is 637. The molecule has 0 aliphatic rings. The number of rotatable bonds is 6. The van der Waals surface area contributed by atoms with Crippen LogP contribution in [0.25, 0.3) is 10.8 Å². The summed E-state index contributed by atoms with van der Waals surface area (Å²) in [5.41, 5.74) is 1.04. The van der Waals surface area contributed by atoms with E-state index >= 15 is 0 Å². The molecule has 3 heteroatoms. The van der Waals surface area contributed by atoms with Gasteiger partial charge in [-0.25, -0.2) is 0 Å². The number of benzene rings is 2. The molecule has 102 valence electrons. The van der Waals surface area contributed by atoms with Crippen molar-refractivity contribution in [3.05, 3.63) is 48.0 Å². The van der Waals surface area contributed by atoms with Crippen LogP contribution in [-0.2, 0) is 4.79 Å². The van der Waals surface area contributed by atoms with Crippen molar-refractivity contribution in [1.29, 1.82) is 5.26 Å². The van der Waals surface area contributed by atoms with Gasteiger partial charge in [0.2, 0.25) is 0 Å². The first-order chi connectivity index (χ1) is 9.72. The van der Waals surface area contributed by atoms with E-state index in [0.717, 1.165) is 22.8 Å². The van der Waals surface area contributed by atoms with Gasteiger partial charge in [-0.05, 0) is 29.2 Å². The van der Waals surface area contributed by atoms with E-state index in [9.17, 15) is 10.1 Å². The molecule has 3 nitrogen and oxygen atoms in total. The van der Waals surface area contributed by atoms with Crippen LogP contribution in [0.4, 0.5) is 0 Å². The summed E-state index contributed by atoms with van der Waals surface area (Å²) in [4.78, 5) is 10.5. The van der Waals surface area contributed by atoms with Crippen LogP contribution in [0.3, 0.4) is 0 Å². The topological polar surface area (TPSA) is 61.1 Å². The van der Waals surface area contributed by atoms with E-state index in [2.05, 4.69) is 6.07 Å². The molecule has 2 aromatic carbocycles. The van der Waals surface area contributed by atoms with Crippen LogP contribution in [-0.4, -0.2) is 11.1 Å². The molecular formula is C17H17NO2. The molecule has 0 saturated heterocycles. The quantitative estimate of drug-likeness (QED) is 0.802. The second kappa shape index (κ2) is 6.72. The number of aliphatic carboxylic acids is 1. The number of carbonyl (C=O) groups is 1. The molecule has 0 heterocycles. The maximum atomic E-state index is 10.5. The van der Waals surface area contributed by atoms with Crippen molar-refractivity contribution in [3.8, 4) is 6.07 Å². The summed E-state index contributed by atoms with van der Waals surface area (Å²) < 4.78 is 0. The summed E-state index contributed by atoms with van der Waals surface area (Å²) in [6.45, 7) is 0. The minimum absolute atomic E-state index is 0.171. The fourth-order valence-corrected chi connectivity index (χ4v) is 2.47. The normalized spacial score (nSPS) is 11.9. The lowest BCUT2D eigenvalue weighted by molar-refractivity contribution is -0.137. The molecule has 1 N–H and O–H groups in total. The van der Waals surface area contributed by atoms with Crippen LogP contribution in [0.5, 0.6) is 0 Å². The van der Waals surface area contributed by atoms with Gasteiger partial charge in [-0.2, -0.15) is 5.26 Å². The van der Waals surface area contributed by atoms with Crippen molar-refractivity contribution >= 4 is 16.7 Å². The minimum Gasteiger partial charge on any atom is -0.481 e. The number of nitrogens with zero attached hydrogens (tertiary/aromatic N) is 1. The Kier molecular flexibility index (Phi) is 4.73. The van der Waals surface area contributed by atoms with E-state index in [4.69, 9.17) is 5.11 Å². The maximum Gasteiger partial charge on any atom is 0.303 e. The number of hydrogen-bond acceptors (Lipinski definition) is 2. The fourth-order valence-electron chi connectivity index (χ4n) is 2.47. The number of fused-ring (bicyclic) bond motifs is 1. The molecule has 0 saturated carbocycles. The first kappa shape index (κ1) is 14.1. The Morgan fingerprint density at radius 3 is 2.65 bits per heavy atom. The predicted molar refractivity (Wildman–Crippen MR) is 78.4 cm³/mol. The molecule has 20 heavy (non-hydrogen) atoms. The summed E-state index contributed by atoms with van der Waals surface area (Å²) >= 11 is 0. The van der Waals surface area contributed by atoms with Gasteiger partial charge < -0.3 is 5.11 Å². The third-order valence-electron chi connectivity index (χ3n) is 3.49. The number of unbranched alkanes of at least 4 members (excludes halogenated alkanes) is 1. The Hall–Kier alpha value is -2.34. The largest absolute Gasteiger partial charge is 0.481 e. The van der Waals surface area contributed by atoms with E-state index in [1.54, 1.807) is 0 Å². The number of hydrogen-bond donors (Lipinski definition) is 1. The van der Waals surface area contributed by atoms with Crippen LogP contribution >= 0.6 is 0 Å². The third kappa shape index (κ3) is 3.36. The van der Waals surface area contributed by atoms with Gasteiger partial charge in [-0.1, -0.05) is 48.9 Å². The van der Waals surface area contributed by atoms with Gasteiger partial charge in [-0.3, -0.25) is 4.79 Å². The van der Waals surface area contributed by atoms with Gasteiger partial charge in [0.05, 0.1) is 12.0 Å². The van der Waals surface area contributed by atoms with Gasteiger partial charge in [0.25, 0.3) is 0 Å². The molecule has 0 amide bonds. The highest BCUT2D eigenvalue weighted by Gasteiger charge is 2.13. The molecule has 0 spiro atoms. The number of nitriles is 1. The molecule has 0 bridgehead atoms. The van der Waals surface area contributed by atoms with Gasteiger partial charge >= 0.3 is 5.97 Å². The van der Waals surface area contributed by atoms with E-state index in [-0.39, 0.29) is 12.3 Å². The average Bonchev–Trinajstić information content (AvgIpc) is 2.47. The second-order valence-electron chi connectivity index (χ2n) is 4.89. The van der Waals surface area contributed by atoms with Crippen LogP contribution in [0, 0.1) is 11.3 Å². The van der Waals surface area contributed by atoms with Gasteiger partial charge in [0.1, 0.15) is 0 Å². The summed E-state index contributed by atoms with van der Waals surface area (Å²) in [5, 5.41) is 20.3. The van der Waals surface area contributed by atoms with E-state index in [0.29, 0.717) is 12.8 Å². The Morgan fingerprint density at radius 1 is 1.15 bits per heavy atom. The molecule has 0 aromatic heterocycles. The first-order valence-corrected chi connectivity index (χ1v) is 6.81. The molecule has 0 aliphatic carbocycles. The average molecular weight is 267 g/mol. The third-order valence-corrected chi connectivity index (χ3v) is 3.49. The van der Waals surface area contributed by atoms with Gasteiger partial charge in [-0.15, -0.1) is 0 Å². The van der Waals surface area contributed by atoms with Crippen molar-refractivity contribution in [2.24, 2.45) is 0 Å². The van der Waals surface area contributed by atoms with E-state index < -0.39 is 5.97 Å². The van der Waals surface area contributed by atoms with Crippen molar-refractivity contribution in [3.63, 3.8) is 0 Å². The SMILES string of the molecule is N#CC(CCCCC(=O)O)c1cccc2ccccc12. The lowest BCUT2D eigenvalue weighted by atomic mass is 9.90. The molecule has 2 rings (SSSR count). The zero-order chi connectivity index (χ0) is 14.4. The lowest BCUT2D eigenvalue weighted by Gasteiger charge is -2.12. The lowest BCUT2D eigenvalue weighted by Crippen LogP contribution is -1.99. The highest BCUT2D eigenvalue weighted by molar-refractivity contribution is 5.86. The van der Waals surface area contributed by atoms with Crippen molar-refractivity contribution in [2.45, 2.75) is 31.6 Å². The molecule has 1 unspecified atom stereocenters. The predicted octanol–water partition coefficient (Wildman–Crippen LogP) is 4.09.